The molecule has 0 fully saturated rings. The molecular formula is C14H18N4O. The lowest BCUT2D eigenvalue weighted by atomic mass is 10.1. The van der Waals surface area contributed by atoms with Gasteiger partial charge in [-0.1, -0.05) is 19.9 Å². The van der Waals surface area contributed by atoms with E-state index in [1.165, 1.54) is 0 Å². The molecule has 1 aromatic heterocycles. The molecule has 0 aliphatic carbocycles. The van der Waals surface area contributed by atoms with Gasteiger partial charge in [-0.2, -0.15) is 0 Å². The van der Waals surface area contributed by atoms with Crippen LogP contribution in [0.2, 0.25) is 0 Å². The first-order valence-corrected chi connectivity index (χ1v) is 6.27. The third-order valence-electron chi connectivity index (χ3n) is 2.73. The Bertz CT molecular complexity index is 581. The van der Waals surface area contributed by atoms with E-state index in [1.807, 2.05) is 39.8 Å². The van der Waals surface area contributed by atoms with Gasteiger partial charge in [0, 0.05) is 11.6 Å². The number of hydrogen-bond acceptors (Lipinski definition) is 3. The summed E-state index contributed by atoms with van der Waals surface area (Å²) in [5, 5.41) is 9.51. The van der Waals surface area contributed by atoms with Crippen LogP contribution in [0, 0.1) is 13.8 Å². The number of anilines is 1. The second-order valence-electron chi connectivity index (χ2n) is 5.03. The molecule has 0 radical (unpaired) electrons. The van der Waals surface area contributed by atoms with Crippen LogP contribution in [-0.2, 0) is 0 Å². The molecule has 5 nitrogen and oxygen atoms in total. The summed E-state index contributed by atoms with van der Waals surface area (Å²) in [6.45, 7) is 7.97. The molecule has 2 rings (SSSR count). The number of carbonyl (C=O) groups excluding carboxylic acids is 1. The van der Waals surface area contributed by atoms with Crippen LogP contribution >= 0.6 is 0 Å². The highest BCUT2D eigenvalue weighted by atomic mass is 16.2. The molecule has 0 saturated carbocycles. The molecular weight excluding hydrogens is 240 g/mol. The Hall–Kier alpha value is -2.17. The summed E-state index contributed by atoms with van der Waals surface area (Å²) >= 11 is 0. The van der Waals surface area contributed by atoms with E-state index in [4.69, 9.17) is 0 Å². The SMILES string of the molecule is Cc1cc(C)cc(NC(=O)c2n[nH]c(C(C)C)n2)c1. The van der Waals surface area contributed by atoms with Crippen molar-refractivity contribution in [2.75, 3.05) is 5.32 Å². The van der Waals surface area contributed by atoms with Gasteiger partial charge in [0.2, 0.25) is 5.82 Å². The summed E-state index contributed by atoms with van der Waals surface area (Å²) in [6.07, 6.45) is 0. The molecule has 2 N–H and O–H groups in total. The van der Waals surface area contributed by atoms with Crippen LogP contribution in [0.15, 0.2) is 18.2 Å². The molecule has 0 saturated heterocycles. The first-order valence-electron chi connectivity index (χ1n) is 6.27. The molecule has 1 amide bonds. The molecule has 0 spiro atoms. The molecule has 2 aromatic rings. The standard InChI is InChI=1S/C14H18N4O/c1-8(2)12-16-13(18-17-12)14(19)15-11-6-9(3)5-10(4)7-11/h5-8H,1-4H3,(H,15,19)(H,16,17,18). The Labute approximate surface area is 112 Å². The van der Waals surface area contributed by atoms with Crippen molar-refractivity contribution in [1.29, 1.82) is 0 Å². The molecule has 0 atom stereocenters. The van der Waals surface area contributed by atoms with Gasteiger partial charge in [0.05, 0.1) is 0 Å². The molecule has 0 aliphatic heterocycles. The number of nitrogens with zero attached hydrogens (tertiary/aromatic N) is 2. The normalized spacial score (nSPS) is 10.8. The minimum Gasteiger partial charge on any atom is -0.319 e. The zero-order valence-electron chi connectivity index (χ0n) is 11.6. The van der Waals surface area contributed by atoms with Crippen molar-refractivity contribution in [2.24, 2.45) is 0 Å². The van der Waals surface area contributed by atoms with Crippen molar-refractivity contribution in [3.8, 4) is 0 Å². The summed E-state index contributed by atoms with van der Waals surface area (Å²) in [7, 11) is 0. The van der Waals surface area contributed by atoms with E-state index in [0.717, 1.165) is 16.8 Å². The van der Waals surface area contributed by atoms with Gasteiger partial charge in [0.1, 0.15) is 5.82 Å². The van der Waals surface area contributed by atoms with E-state index >= 15 is 0 Å². The number of benzene rings is 1. The molecule has 1 heterocycles. The Morgan fingerprint density at radius 2 is 1.84 bits per heavy atom. The third kappa shape index (κ3) is 3.19. The number of H-pyrrole nitrogens is 1. The summed E-state index contributed by atoms with van der Waals surface area (Å²) in [4.78, 5) is 16.2. The summed E-state index contributed by atoms with van der Waals surface area (Å²) in [5.41, 5.74) is 2.97. The van der Waals surface area contributed by atoms with Crippen molar-refractivity contribution >= 4 is 11.6 Å². The Balaban J connectivity index is 2.15. The van der Waals surface area contributed by atoms with Gasteiger partial charge in [0.25, 0.3) is 5.91 Å². The van der Waals surface area contributed by atoms with Crippen LogP contribution in [0.5, 0.6) is 0 Å². The van der Waals surface area contributed by atoms with Crippen molar-refractivity contribution in [3.63, 3.8) is 0 Å². The predicted molar refractivity (Wildman–Crippen MR) is 74.3 cm³/mol. The molecule has 0 bridgehead atoms. The number of aryl methyl sites for hydroxylation is 2. The molecule has 19 heavy (non-hydrogen) atoms. The number of hydrogen-bond donors (Lipinski definition) is 2. The predicted octanol–water partition coefficient (Wildman–Crippen LogP) is 2.80. The summed E-state index contributed by atoms with van der Waals surface area (Å²) in [5.74, 6) is 0.803. The minimum atomic E-state index is -0.298. The number of aromatic amines is 1. The zero-order chi connectivity index (χ0) is 14.0. The average molecular weight is 258 g/mol. The van der Waals surface area contributed by atoms with Crippen molar-refractivity contribution in [3.05, 3.63) is 41.0 Å². The van der Waals surface area contributed by atoms with Crippen LogP contribution in [0.1, 0.15) is 47.3 Å². The van der Waals surface area contributed by atoms with Crippen LogP contribution in [-0.4, -0.2) is 21.1 Å². The average Bonchev–Trinajstić information content (AvgIpc) is 2.76. The molecule has 0 aliphatic rings. The highest BCUT2D eigenvalue weighted by Gasteiger charge is 2.14. The van der Waals surface area contributed by atoms with Crippen molar-refractivity contribution in [2.45, 2.75) is 33.6 Å². The Morgan fingerprint density at radius 1 is 1.21 bits per heavy atom. The number of aromatic nitrogens is 3. The first-order chi connectivity index (χ1) is 8.95. The van der Waals surface area contributed by atoms with Gasteiger partial charge in [-0.3, -0.25) is 9.89 Å². The van der Waals surface area contributed by atoms with Crippen LogP contribution in [0.3, 0.4) is 0 Å². The fourth-order valence-electron chi connectivity index (χ4n) is 1.87. The summed E-state index contributed by atoms with van der Waals surface area (Å²) < 4.78 is 0. The Kier molecular flexibility index (Phi) is 3.64. The van der Waals surface area contributed by atoms with Crippen molar-refractivity contribution in [1.82, 2.24) is 15.2 Å². The van der Waals surface area contributed by atoms with Gasteiger partial charge >= 0.3 is 0 Å². The molecule has 100 valence electrons. The lowest BCUT2D eigenvalue weighted by Crippen LogP contribution is -2.14. The van der Waals surface area contributed by atoms with E-state index in [1.54, 1.807) is 0 Å². The monoisotopic (exact) mass is 258 g/mol. The third-order valence-corrected chi connectivity index (χ3v) is 2.73. The van der Waals surface area contributed by atoms with Gasteiger partial charge in [0.15, 0.2) is 0 Å². The maximum absolute atomic E-state index is 12.0. The zero-order valence-corrected chi connectivity index (χ0v) is 11.6. The lowest BCUT2D eigenvalue weighted by Gasteiger charge is -2.05. The number of nitrogens with one attached hydrogen (secondary N) is 2. The quantitative estimate of drug-likeness (QED) is 0.889. The minimum absolute atomic E-state index is 0.169. The molecule has 1 aromatic carbocycles. The van der Waals surface area contributed by atoms with Gasteiger partial charge in [-0.25, -0.2) is 4.98 Å². The molecule has 0 unspecified atom stereocenters. The van der Waals surface area contributed by atoms with E-state index in [2.05, 4.69) is 26.6 Å². The maximum Gasteiger partial charge on any atom is 0.295 e. The highest BCUT2D eigenvalue weighted by Crippen LogP contribution is 2.15. The second kappa shape index (κ2) is 5.22. The van der Waals surface area contributed by atoms with E-state index in [-0.39, 0.29) is 17.6 Å². The first kappa shape index (κ1) is 13.3. The van der Waals surface area contributed by atoms with Crippen LogP contribution in [0.25, 0.3) is 0 Å². The maximum atomic E-state index is 12.0. The summed E-state index contributed by atoms with van der Waals surface area (Å²) in [6, 6.07) is 5.89. The fourth-order valence-corrected chi connectivity index (χ4v) is 1.87. The second-order valence-corrected chi connectivity index (χ2v) is 5.03. The topological polar surface area (TPSA) is 70.7 Å². The van der Waals surface area contributed by atoms with Crippen LogP contribution < -0.4 is 5.32 Å². The van der Waals surface area contributed by atoms with E-state index in [9.17, 15) is 4.79 Å². The number of amides is 1. The lowest BCUT2D eigenvalue weighted by molar-refractivity contribution is 0.101. The van der Waals surface area contributed by atoms with E-state index in [0.29, 0.717) is 5.82 Å². The molecule has 5 heteroatoms. The fraction of sp³-hybridized carbons (Fsp3) is 0.357. The van der Waals surface area contributed by atoms with Gasteiger partial charge in [-0.05, 0) is 37.1 Å². The van der Waals surface area contributed by atoms with Gasteiger partial charge in [-0.15, -0.1) is 5.10 Å². The smallest absolute Gasteiger partial charge is 0.295 e. The van der Waals surface area contributed by atoms with Crippen LogP contribution in [0.4, 0.5) is 5.69 Å². The van der Waals surface area contributed by atoms with Crippen molar-refractivity contribution < 1.29 is 4.79 Å². The van der Waals surface area contributed by atoms with E-state index < -0.39 is 0 Å². The largest absolute Gasteiger partial charge is 0.319 e. The van der Waals surface area contributed by atoms with Gasteiger partial charge < -0.3 is 5.32 Å². The Morgan fingerprint density at radius 3 is 2.37 bits per heavy atom. The number of carbonyl (C=O) groups is 1. The number of rotatable bonds is 3. The highest BCUT2D eigenvalue weighted by molar-refractivity contribution is 6.01.